The van der Waals surface area contributed by atoms with Crippen LogP contribution in [0, 0.1) is 5.41 Å². The van der Waals surface area contributed by atoms with Gasteiger partial charge in [-0.3, -0.25) is 5.41 Å². The van der Waals surface area contributed by atoms with E-state index in [1.54, 1.807) is 30.3 Å². The summed E-state index contributed by atoms with van der Waals surface area (Å²) in [6, 6.07) is 6.71. The van der Waals surface area contributed by atoms with E-state index in [4.69, 9.17) is 22.1 Å². The summed E-state index contributed by atoms with van der Waals surface area (Å²) < 4.78 is 0. The first kappa shape index (κ1) is 10.5. The highest BCUT2D eigenvalue weighted by Gasteiger charge is 2.11. The molecule has 0 saturated heterocycles. The van der Waals surface area contributed by atoms with Gasteiger partial charge in [0.1, 0.15) is 5.71 Å². The van der Waals surface area contributed by atoms with Gasteiger partial charge in [-0.05, 0) is 11.6 Å². The molecule has 1 aromatic rings. The van der Waals surface area contributed by atoms with E-state index in [-0.39, 0.29) is 0 Å². The van der Waals surface area contributed by atoms with Crippen molar-refractivity contribution in [3.8, 4) is 0 Å². The predicted molar refractivity (Wildman–Crippen MR) is 55.8 cm³/mol. The first-order valence-corrected chi connectivity index (χ1v) is 4.28. The largest absolute Gasteiger partial charge is 0.477 e. The first-order valence-electron chi connectivity index (χ1n) is 3.85. The quantitative estimate of drug-likeness (QED) is 0.751. The van der Waals surface area contributed by atoms with E-state index < -0.39 is 11.7 Å². The Labute approximate surface area is 86.1 Å². The molecule has 0 bridgehead atoms. The predicted octanol–water partition coefficient (Wildman–Crippen LogP) is 2.35. The van der Waals surface area contributed by atoms with E-state index in [9.17, 15) is 4.79 Å². The maximum Gasteiger partial charge on any atom is 0.354 e. The third-order valence-electron chi connectivity index (χ3n) is 1.69. The molecule has 0 aliphatic heterocycles. The van der Waals surface area contributed by atoms with E-state index >= 15 is 0 Å². The summed E-state index contributed by atoms with van der Waals surface area (Å²) in [5.74, 6) is -1.25. The highest BCUT2D eigenvalue weighted by atomic mass is 35.5. The Balaban J connectivity index is 3.19. The third kappa shape index (κ3) is 2.20. The second-order valence-corrected chi connectivity index (χ2v) is 2.81. The first-order chi connectivity index (χ1) is 6.66. The van der Waals surface area contributed by atoms with E-state index in [0.717, 1.165) is 0 Å². The maximum atomic E-state index is 10.6. The van der Waals surface area contributed by atoms with Gasteiger partial charge in [-0.25, -0.2) is 4.79 Å². The fraction of sp³-hybridized carbons (Fsp3) is 0. The molecule has 4 heteroatoms. The number of aliphatic carboxylic acids is 1. The van der Waals surface area contributed by atoms with Crippen LogP contribution in [0.4, 0.5) is 0 Å². The van der Waals surface area contributed by atoms with Crippen molar-refractivity contribution in [2.45, 2.75) is 0 Å². The van der Waals surface area contributed by atoms with E-state index in [2.05, 4.69) is 0 Å². The van der Waals surface area contributed by atoms with Crippen LogP contribution in [0.5, 0.6) is 0 Å². The lowest BCUT2D eigenvalue weighted by atomic mass is 10.0. The van der Waals surface area contributed by atoms with Crippen LogP contribution in [-0.4, -0.2) is 16.8 Å². The third-order valence-corrected chi connectivity index (χ3v) is 1.81. The van der Waals surface area contributed by atoms with Gasteiger partial charge in [0.25, 0.3) is 0 Å². The minimum atomic E-state index is -1.25. The fourth-order valence-corrected chi connectivity index (χ4v) is 1.19. The molecule has 0 atom stereocenters. The van der Waals surface area contributed by atoms with Crippen LogP contribution in [-0.2, 0) is 4.79 Å². The second-order valence-electron chi connectivity index (χ2n) is 2.56. The lowest BCUT2D eigenvalue weighted by Crippen LogP contribution is -2.13. The van der Waals surface area contributed by atoms with Gasteiger partial charge in [0, 0.05) is 11.1 Å². The summed E-state index contributed by atoms with van der Waals surface area (Å²) in [6.07, 6.45) is 1.55. The molecule has 72 valence electrons. The van der Waals surface area contributed by atoms with Gasteiger partial charge in [0.05, 0.1) is 0 Å². The van der Waals surface area contributed by atoms with Crippen LogP contribution < -0.4 is 0 Å². The van der Waals surface area contributed by atoms with Crippen LogP contribution in [0.15, 0.2) is 29.8 Å². The molecule has 0 spiro atoms. The minimum absolute atomic E-state index is 0.358. The van der Waals surface area contributed by atoms with Crippen LogP contribution in [0.1, 0.15) is 11.1 Å². The number of hydrogen-bond acceptors (Lipinski definition) is 2. The zero-order valence-electron chi connectivity index (χ0n) is 7.20. The summed E-state index contributed by atoms with van der Waals surface area (Å²) in [5, 5.41) is 16.0. The fourth-order valence-electron chi connectivity index (χ4n) is 1.05. The Morgan fingerprint density at radius 3 is 2.64 bits per heavy atom. The normalized spacial score (nSPS) is 10.4. The molecular formula is C10H8ClNO2. The molecule has 0 fully saturated rings. The van der Waals surface area contributed by atoms with Gasteiger partial charge in [0.2, 0.25) is 0 Å². The average Bonchev–Trinajstić information content (AvgIpc) is 2.18. The number of nitrogens with one attached hydrogen (secondary N) is 1. The lowest BCUT2D eigenvalue weighted by molar-refractivity contribution is -0.129. The molecule has 0 amide bonds. The van der Waals surface area contributed by atoms with E-state index in [1.165, 1.54) is 5.54 Å². The van der Waals surface area contributed by atoms with Crippen molar-refractivity contribution in [3.63, 3.8) is 0 Å². The van der Waals surface area contributed by atoms with Gasteiger partial charge in [0.15, 0.2) is 0 Å². The standard InChI is InChI=1S/C10H8ClNO2/c11-6-5-7-3-1-2-4-8(7)9(12)10(13)14/h1-6,12H,(H,13,14)/b6-5+,12-9?. The van der Waals surface area contributed by atoms with Crippen molar-refractivity contribution in [1.29, 1.82) is 5.41 Å². The minimum Gasteiger partial charge on any atom is -0.477 e. The SMILES string of the molecule is N=C(C(=O)O)c1ccccc1/C=C/Cl. The molecule has 0 aromatic heterocycles. The molecule has 3 nitrogen and oxygen atoms in total. The van der Waals surface area contributed by atoms with Crippen LogP contribution in [0.2, 0.25) is 0 Å². The summed E-state index contributed by atoms with van der Waals surface area (Å²) in [5.41, 5.74) is 1.83. The summed E-state index contributed by atoms with van der Waals surface area (Å²) in [6.45, 7) is 0. The van der Waals surface area contributed by atoms with Crippen molar-refractivity contribution in [2.24, 2.45) is 0 Å². The number of benzene rings is 1. The topological polar surface area (TPSA) is 61.2 Å². The Kier molecular flexibility index (Phi) is 3.42. The number of carboxylic acid groups (broad SMARTS) is 1. The number of carboxylic acids is 1. The van der Waals surface area contributed by atoms with Crippen molar-refractivity contribution >= 4 is 29.4 Å². The molecule has 0 aliphatic rings. The number of halogens is 1. The Morgan fingerprint density at radius 1 is 1.43 bits per heavy atom. The Bertz CT molecular complexity index is 399. The molecule has 0 radical (unpaired) electrons. The molecular weight excluding hydrogens is 202 g/mol. The molecule has 0 unspecified atom stereocenters. The summed E-state index contributed by atoms with van der Waals surface area (Å²) in [7, 11) is 0. The number of hydrogen-bond donors (Lipinski definition) is 2. The van der Waals surface area contributed by atoms with Crippen molar-refractivity contribution in [3.05, 3.63) is 40.9 Å². The van der Waals surface area contributed by atoms with Crippen LogP contribution in [0.25, 0.3) is 6.08 Å². The monoisotopic (exact) mass is 209 g/mol. The maximum absolute atomic E-state index is 10.6. The average molecular weight is 210 g/mol. The molecule has 0 heterocycles. The summed E-state index contributed by atoms with van der Waals surface area (Å²) in [4.78, 5) is 10.6. The van der Waals surface area contributed by atoms with Gasteiger partial charge >= 0.3 is 5.97 Å². The van der Waals surface area contributed by atoms with Crippen molar-refractivity contribution in [2.75, 3.05) is 0 Å². The number of rotatable bonds is 3. The molecule has 2 N–H and O–H groups in total. The molecule has 0 aliphatic carbocycles. The molecule has 0 saturated carbocycles. The second kappa shape index (κ2) is 4.58. The zero-order valence-corrected chi connectivity index (χ0v) is 7.95. The van der Waals surface area contributed by atoms with Gasteiger partial charge < -0.3 is 5.11 Å². The zero-order chi connectivity index (χ0) is 10.6. The van der Waals surface area contributed by atoms with Crippen molar-refractivity contribution in [1.82, 2.24) is 0 Å². The van der Waals surface area contributed by atoms with Gasteiger partial charge in [-0.15, -0.1) is 0 Å². The van der Waals surface area contributed by atoms with E-state index in [0.29, 0.717) is 11.1 Å². The highest BCUT2D eigenvalue weighted by molar-refractivity contribution is 6.42. The van der Waals surface area contributed by atoms with Gasteiger partial charge in [-0.1, -0.05) is 35.9 Å². The molecule has 1 aromatic carbocycles. The number of carbonyl (C=O) groups is 1. The molecule has 1 rings (SSSR count). The van der Waals surface area contributed by atoms with Crippen LogP contribution >= 0.6 is 11.6 Å². The molecule has 14 heavy (non-hydrogen) atoms. The Morgan fingerprint density at radius 2 is 2.07 bits per heavy atom. The summed E-state index contributed by atoms with van der Waals surface area (Å²) >= 11 is 5.39. The smallest absolute Gasteiger partial charge is 0.354 e. The Hall–Kier alpha value is -1.61. The van der Waals surface area contributed by atoms with Gasteiger partial charge in [-0.2, -0.15) is 0 Å². The van der Waals surface area contributed by atoms with Crippen molar-refractivity contribution < 1.29 is 9.90 Å². The van der Waals surface area contributed by atoms with Crippen LogP contribution in [0.3, 0.4) is 0 Å². The lowest BCUT2D eigenvalue weighted by Gasteiger charge is -2.02. The highest BCUT2D eigenvalue weighted by Crippen LogP contribution is 2.12. The van der Waals surface area contributed by atoms with E-state index in [1.807, 2.05) is 0 Å².